The smallest absolute Gasteiger partial charge is 0.342 e. The second-order valence-electron chi connectivity index (χ2n) is 4.40. The van der Waals surface area contributed by atoms with Crippen molar-refractivity contribution in [1.82, 2.24) is 0 Å². The summed E-state index contributed by atoms with van der Waals surface area (Å²) in [6.07, 6.45) is 2.62. The van der Waals surface area contributed by atoms with Crippen LogP contribution in [0, 0.1) is 0 Å². The summed E-state index contributed by atoms with van der Waals surface area (Å²) < 4.78 is 14.7. The monoisotopic (exact) mass is 304 g/mol. The van der Waals surface area contributed by atoms with Crippen LogP contribution in [0.25, 0.3) is 11.1 Å². The number of benzene rings is 1. The lowest BCUT2D eigenvalue weighted by atomic mass is 9.98. The maximum Gasteiger partial charge on any atom is 0.342 e. The SMILES string of the molecule is CCOC(=O)c1cocc1-c1ccc(N)c(C(=O)OC)c1N. The van der Waals surface area contributed by atoms with Crippen LogP contribution >= 0.6 is 0 Å². The molecule has 0 spiro atoms. The lowest BCUT2D eigenvalue weighted by Gasteiger charge is -2.12. The van der Waals surface area contributed by atoms with Crippen molar-refractivity contribution < 1.29 is 23.5 Å². The third-order valence-corrected chi connectivity index (χ3v) is 3.11. The van der Waals surface area contributed by atoms with Crippen LogP contribution in [0.1, 0.15) is 27.6 Å². The molecule has 0 aliphatic rings. The van der Waals surface area contributed by atoms with Crippen LogP contribution in [0.5, 0.6) is 0 Å². The van der Waals surface area contributed by atoms with E-state index >= 15 is 0 Å². The Morgan fingerprint density at radius 3 is 2.50 bits per heavy atom. The number of esters is 2. The van der Waals surface area contributed by atoms with Crippen LogP contribution in [-0.2, 0) is 9.47 Å². The predicted octanol–water partition coefficient (Wildman–Crippen LogP) is 2.07. The Balaban J connectivity index is 2.58. The van der Waals surface area contributed by atoms with Crippen molar-refractivity contribution in [3.05, 3.63) is 35.8 Å². The number of furan rings is 1. The van der Waals surface area contributed by atoms with Gasteiger partial charge >= 0.3 is 11.9 Å². The van der Waals surface area contributed by atoms with Crippen molar-refractivity contribution in [1.29, 1.82) is 0 Å². The van der Waals surface area contributed by atoms with E-state index < -0.39 is 11.9 Å². The number of methoxy groups -OCH3 is 1. The Bertz CT molecular complexity index is 721. The van der Waals surface area contributed by atoms with E-state index in [0.717, 1.165) is 0 Å². The van der Waals surface area contributed by atoms with Crippen LogP contribution < -0.4 is 11.5 Å². The summed E-state index contributed by atoms with van der Waals surface area (Å²) in [6.45, 7) is 1.93. The fraction of sp³-hybridized carbons (Fsp3) is 0.200. The molecule has 7 nitrogen and oxygen atoms in total. The van der Waals surface area contributed by atoms with Gasteiger partial charge in [0.05, 0.1) is 25.7 Å². The van der Waals surface area contributed by atoms with Gasteiger partial charge in [0.15, 0.2) is 0 Å². The van der Waals surface area contributed by atoms with Gasteiger partial charge in [0.25, 0.3) is 0 Å². The number of nitrogen functional groups attached to an aromatic ring is 2. The van der Waals surface area contributed by atoms with Crippen LogP contribution in [0.3, 0.4) is 0 Å². The molecule has 0 unspecified atom stereocenters. The number of carbonyl (C=O) groups excluding carboxylic acids is 2. The zero-order valence-electron chi connectivity index (χ0n) is 12.2. The summed E-state index contributed by atoms with van der Waals surface area (Å²) in [5.41, 5.74) is 13.2. The van der Waals surface area contributed by atoms with Gasteiger partial charge in [-0.05, 0) is 13.0 Å². The fourth-order valence-electron chi connectivity index (χ4n) is 2.07. The molecule has 116 valence electrons. The Morgan fingerprint density at radius 1 is 1.14 bits per heavy atom. The van der Waals surface area contributed by atoms with E-state index in [1.165, 1.54) is 25.7 Å². The van der Waals surface area contributed by atoms with Crippen LogP contribution in [0.4, 0.5) is 11.4 Å². The lowest BCUT2D eigenvalue weighted by Crippen LogP contribution is -2.11. The third kappa shape index (κ3) is 2.60. The molecular formula is C15H16N2O5. The van der Waals surface area contributed by atoms with Gasteiger partial charge in [-0.2, -0.15) is 0 Å². The lowest BCUT2D eigenvalue weighted by molar-refractivity contribution is 0.0525. The number of carbonyl (C=O) groups is 2. The van der Waals surface area contributed by atoms with Gasteiger partial charge in [0, 0.05) is 16.8 Å². The third-order valence-electron chi connectivity index (χ3n) is 3.11. The molecule has 2 aromatic rings. The first kappa shape index (κ1) is 15.4. The second-order valence-corrected chi connectivity index (χ2v) is 4.40. The maximum atomic E-state index is 11.9. The zero-order valence-corrected chi connectivity index (χ0v) is 12.2. The van der Waals surface area contributed by atoms with Gasteiger partial charge in [-0.15, -0.1) is 0 Å². The largest absolute Gasteiger partial charge is 0.471 e. The zero-order chi connectivity index (χ0) is 16.3. The summed E-state index contributed by atoms with van der Waals surface area (Å²) in [4.78, 5) is 23.7. The topological polar surface area (TPSA) is 118 Å². The molecule has 0 saturated heterocycles. The molecule has 0 saturated carbocycles. The molecule has 0 aliphatic heterocycles. The van der Waals surface area contributed by atoms with E-state index in [4.69, 9.17) is 20.6 Å². The molecule has 1 aromatic carbocycles. The molecule has 22 heavy (non-hydrogen) atoms. The van der Waals surface area contributed by atoms with E-state index in [0.29, 0.717) is 11.1 Å². The molecule has 0 atom stereocenters. The molecule has 0 bridgehead atoms. The number of ether oxygens (including phenoxy) is 2. The van der Waals surface area contributed by atoms with E-state index in [-0.39, 0.29) is 29.1 Å². The van der Waals surface area contributed by atoms with Gasteiger partial charge in [-0.1, -0.05) is 6.07 Å². The van der Waals surface area contributed by atoms with Crippen molar-refractivity contribution in [3.8, 4) is 11.1 Å². The second kappa shape index (κ2) is 6.21. The van der Waals surface area contributed by atoms with Crippen molar-refractivity contribution in [2.24, 2.45) is 0 Å². The minimum atomic E-state index is -0.655. The number of hydrogen-bond acceptors (Lipinski definition) is 7. The van der Waals surface area contributed by atoms with E-state index in [2.05, 4.69) is 4.74 Å². The molecular weight excluding hydrogens is 288 g/mol. The fourth-order valence-corrected chi connectivity index (χ4v) is 2.07. The van der Waals surface area contributed by atoms with Crippen LogP contribution in [0.15, 0.2) is 29.1 Å². The number of nitrogens with two attached hydrogens (primary N) is 2. The molecule has 0 radical (unpaired) electrons. The van der Waals surface area contributed by atoms with Crippen molar-refractivity contribution >= 4 is 23.3 Å². The van der Waals surface area contributed by atoms with E-state index in [1.54, 1.807) is 13.0 Å². The van der Waals surface area contributed by atoms with Gasteiger partial charge in [0.2, 0.25) is 0 Å². The van der Waals surface area contributed by atoms with E-state index in [9.17, 15) is 9.59 Å². The van der Waals surface area contributed by atoms with Gasteiger partial charge < -0.3 is 25.4 Å². The first-order valence-corrected chi connectivity index (χ1v) is 6.51. The van der Waals surface area contributed by atoms with Crippen molar-refractivity contribution in [2.45, 2.75) is 6.92 Å². The summed E-state index contributed by atoms with van der Waals surface area (Å²) in [6, 6.07) is 3.12. The Labute approximate surface area is 126 Å². The average molecular weight is 304 g/mol. The van der Waals surface area contributed by atoms with Crippen LogP contribution in [-0.4, -0.2) is 25.7 Å². The van der Waals surface area contributed by atoms with Crippen molar-refractivity contribution in [3.63, 3.8) is 0 Å². The van der Waals surface area contributed by atoms with Gasteiger partial charge in [0.1, 0.15) is 17.4 Å². The number of anilines is 2. The average Bonchev–Trinajstić information content (AvgIpc) is 2.96. The van der Waals surface area contributed by atoms with Gasteiger partial charge in [-0.25, -0.2) is 9.59 Å². The minimum Gasteiger partial charge on any atom is -0.471 e. The Hall–Kier alpha value is -2.96. The number of hydrogen-bond donors (Lipinski definition) is 2. The molecule has 2 rings (SSSR count). The first-order chi connectivity index (χ1) is 10.5. The molecule has 1 aromatic heterocycles. The standard InChI is InChI=1S/C15H16N2O5/c1-3-22-14(18)10-7-21-6-9(10)8-4-5-11(16)12(13(8)17)15(19)20-2/h4-7H,3,16-17H2,1-2H3. The molecule has 4 N–H and O–H groups in total. The summed E-state index contributed by atoms with van der Waals surface area (Å²) in [7, 11) is 1.23. The molecule has 0 aliphatic carbocycles. The maximum absolute atomic E-state index is 11.9. The highest BCUT2D eigenvalue weighted by molar-refractivity contribution is 6.06. The van der Waals surface area contributed by atoms with Gasteiger partial charge in [-0.3, -0.25) is 0 Å². The minimum absolute atomic E-state index is 0.0519. The highest BCUT2D eigenvalue weighted by Crippen LogP contribution is 2.35. The molecule has 0 amide bonds. The normalized spacial score (nSPS) is 10.3. The van der Waals surface area contributed by atoms with E-state index in [1.807, 2.05) is 0 Å². The Morgan fingerprint density at radius 2 is 1.86 bits per heavy atom. The molecule has 0 fully saturated rings. The highest BCUT2D eigenvalue weighted by atomic mass is 16.5. The summed E-state index contributed by atoms with van der Waals surface area (Å²) in [5.74, 6) is -1.19. The van der Waals surface area contributed by atoms with Crippen molar-refractivity contribution in [2.75, 3.05) is 25.2 Å². The summed E-state index contributed by atoms with van der Waals surface area (Å²) >= 11 is 0. The summed E-state index contributed by atoms with van der Waals surface area (Å²) in [5, 5.41) is 0. The Kier molecular flexibility index (Phi) is 4.36. The molecule has 1 heterocycles. The first-order valence-electron chi connectivity index (χ1n) is 6.51. The van der Waals surface area contributed by atoms with Crippen LogP contribution in [0.2, 0.25) is 0 Å². The molecule has 7 heteroatoms. The highest BCUT2D eigenvalue weighted by Gasteiger charge is 2.22. The predicted molar refractivity (Wildman–Crippen MR) is 80.3 cm³/mol. The quantitative estimate of drug-likeness (QED) is 0.655. The number of rotatable bonds is 4.